The van der Waals surface area contributed by atoms with Crippen molar-refractivity contribution >= 4 is 5.78 Å². The van der Waals surface area contributed by atoms with Gasteiger partial charge < -0.3 is 14.2 Å². The lowest BCUT2D eigenvalue weighted by molar-refractivity contribution is -0.156. The molecule has 0 radical (unpaired) electrons. The Balaban J connectivity index is 1.91. The highest BCUT2D eigenvalue weighted by atomic mass is 16.6. The summed E-state index contributed by atoms with van der Waals surface area (Å²) in [5.74, 6) is 0.878. The van der Waals surface area contributed by atoms with Gasteiger partial charge in [-0.25, -0.2) is 0 Å². The minimum atomic E-state index is -0.456. The summed E-state index contributed by atoms with van der Waals surface area (Å²) >= 11 is 0. The van der Waals surface area contributed by atoms with Crippen LogP contribution >= 0.6 is 0 Å². The first kappa shape index (κ1) is 16.0. The van der Waals surface area contributed by atoms with Crippen LogP contribution in [0, 0.1) is 0 Å². The van der Waals surface area contributed by atoms with Gasteiger partial charge in [-0.3, -0.25) is 4.79 Å². The second-order valence-electron chi connectivity index (χ2n) is 6.39. The third kappa shape index (κ3) is 4.05. The summed E-state index contributed by atoms with van der Waals surface area (Å²) < 4.78 is 16.3. The van der Waals surface area contributed by atoms with Crippen LogP contribution in [0.1, 0.15) is 32.8 Å². The summed E-state index contributed by atoms with van der Waals surface area (Å²) in [6.07, 6.45) is -0.226. The third-order valence-electron chi connectivity index (χ3n) is 3.65. The van der Waals surface area contributed by atoms with Crippen molar-refractivity contribution in [1.29, 1.82) is 0 Å². The number of benzene rings is 1. The Labute approximate surface area is 126 Å². The van der Waals surface area contributed by atoms with Gasteiger partial charge in [0.05, 0.1) is 13.2 Å². The smallest absolute Gasteiger partial charge is 0.169 e. The fraction of sp³-hybridized carbons (Fsp3) is 0.588. The van der Waals surface area contributed by atoms with Crippen LogP contribution in [0.25, 0.3) is 0 Å². The standard InChI is InChI=1S/C17H24O4/c1-17(2,3)12-5-7-13(8-6-12)21-15-11-14(18)16(15)20-10-9-19-4/h5-8,15-16H,9-11H2,1-4H3. The summed E-state index contributed by atoms with van der Waals surface area (Å²) in [5, 5.41) is 0. The summed E-state index contributed by atoms with van der Waals surface area (Å²) in [6, 6.07) is 8.04. The Morgan fingerprint density at radius 2 is 1.81 bits per heavy atom. The van der Waals surface area contributed by atoms with Crippen LogP contribution in [0.2, 0.25) is 0 Å². The molecule has 1 aliphatic rings. The Morgan fingerprint density at radius 3 is 2.33 bits per heavy atom. The lowest BCUT2D eigenvalue weighted by Gasteiger charge is -2.34. The third-order valence-corrected chi connectivity index (χ3v) is 3.65. The Morgan fingerprint density at radius 1 is 1.14 bits per heavy atom. The van der Waals surface area contributed by atoms with E-state index in [1.54, 1.807) is 7.11 Å². The highest BCUT2D eigenvalue weighted by molar-refractivity contribution is 5.90. The van der Waals surface area contributed by atoms with Gasteiger partial charge in [0.15, 0.2) is 11.9 Å². The molecule has 0 amide bonds. The predicted octanol–water partition coefficient (Wildman–Crippen LogP) is 2.74. The van der Waals surface area contributed by atoms with E-state index in [2.05, 4.69) is 32.9 Å². The second kappa shape index (κ2) is 6.58. The number of ether oxygens (including phenoxy) is 3. The van der Waals surface area contributed by atoms with Crippen LogP contribution < -0.4 is 4.74 Å². The molecule has 1 aromatic rings. The van der Waals surface area contributed by atoms with Gasteiger partial charge in [-0.05, 0) is 23.1 Å². The van der Waals surface area contributed by atoms with Gasteiger partial charge in [0.1, 0.15) is 11.9 Å². The average molecular weight is 292 g/mol. The van der Waals surface area contributed by atoms with Crippen molar-refractivity contribution in [3.05, 3.63) is 29.8 Å². The molecule has 0 spiro atoms. The minimum Gasteiger partial charge on any atom is -0.487 e. The van der Waals surface area contributed by atoms with E-state index in [-0.39, 0.29) is 17.3 Å². The number of carbonyl (C=O) groups is 1. The van der Waals surface area contributed by atoms with E-state index in [4.69, 9.17) is 14.2 Å². The van der Waals surface area contributed by atoms with Crippen molar-refractivity contribution in [2.45, 2.75) is 44.8 Å². The molecule has 0 heterocycles. The number of hydrogen-bond acceptors (Lipinski definition) is 4. The van der Waals surface area contributed by atoms with E-state index in [1.807, 2.05) is 12.1 Å². The molecule has 0 saturated heterocycles. The molecule has 0 aromatic heterocycles. The molecule has 21 heavy (non-hydrogen) atoms. The molecule has 0 N–H and O–H groups in total. The largest absolute Gasteiger partial charge is 0.487 e. The minimum absolute atomic E-state index is 0.0995. The maximum Gasteiger partial charge on any atom is 0.169 e. The van der Waals surface area contributed by atoms with Gasteiger partial charge >= 0.3 is 0 Å². The first-order chi connectivity index (χ1) is 9.91. The number of carbonyl (C=O) groups excluding carboxylic acids is 1. The van der Waals surface area contributed by atoms with Crippen molar-refractivity contribution in [2.75, 3.05) is 20.3 Å². The monoisotopic (exact) mass is 292 g/mol. The number of rotatable bonds is 6. The predicted molar refractivity (Wildman–Crippen MR) is 80.8 cm³/mol. The molecule has 4 heteroatoms. The Bertz CT molecular complexity index is 473. The van der Waals surface area contributed by atoms with Crippen LogP contribution in [0.15, 0.2) is 24.3 Å². The average Bonchev–Trinajstić information content (AvgIpc) is 2.42. The molecule has 0 aliphatic heterocycles. The van der Waals surface area contributed by atoms with Crippen LogP contribution in [0.3, 0.4) is 0 Å². The van der Waals surface area contributed by atoms with Crippen LogP contribution in [-0.4, -0.2) is 38.3 Å². The molecular formula is C17H24O4. The molecule has 2 rings (SSSR count). The zero-order valence-electron chi connectivity index (χ0n) is 13.2. The lowest BCUT2D eigenvalue weighted by Crippen LogP contribution is -2.52. The van der Waals surface area contributed by atoms with Crippen molar-refractivity contribution < 1.29 is 19.0 Å². The van der Waals surface area contributed by atoms with Crippen LogP contribution in [-0.2, 0) is 19.7 Å². The van der Waals surface area contributed by atoms with Crippen molar-refractivity contribution in [3.8, 4) is 5.75 Å². The lowest BCUT2D eigenvalue weighted by atomic mass is 9.87. The van der Waals surface area contributed by atoms with E-state index in [9.17, 15) is 4.79 Å². The molecule has 1 saturated carbocycles. The normalized spacial score (nSPS) is 22.0. The number of hydrogen-bond donors (Lipinski definition) is 0. The number of ketones is 1. The molecule has 2 atom stereocenters. The van der Waals surface area contributed by atoms with E-state index in [1.165, 1.54) is 5.56 Å². The molecular weight excluding hydrogens is 268 g/mol. The van der Waals surface area contributed by atoms with Crippen molar-refractivity contribution in [3.63, 3.8) is 0 Å². The SMILES string of the molecule is COCCOC1C(=O)CC1Oc1ccc(C(C)(C)C)cc1. The summed E-state index contributed by atoms with van der Waals surface area (Å²) in [7, 11) is 1.61. The fourth-order valence-electron chi connectivity index (χ4n) is 2.24. The maximum absolute atomic E-state index is 11.6. The number of methoxy groups -OCH3 is 1. The molecule has 2 unspecified atom stereocenters. The topological polar surface area (TPSA) is 44.8 Å². The summed E-state index contributed by atoms with van der Waals surface area (Å²) in [6.45, 7) is 7.42. The first-order valence-corrected chi connectivity index (χ1v) is 7.32. The molecule has 1 aromatic carbocycles. The van der Waals surface area contributed by atoms with Gasteiger partial charge in [-0.15, -0.1) is 0 Å². The Hall–Kier alpha value is -1.39. The van der Waals surface area contributed by atoms with E-state index < -0.39 is 6.10 Å². The highest BCUT2D eigenvalue weighted by Crippen LogP contribution is 2.28. The zero-order valence-corrected chi connectivity index (χ0v) is 13.2. The van der Waals surface area contributed by atoms with E-state index in [0.29, 0.717) is 19.6 Å². The fourth-order valence-corrected chi connectivity index (χ4v) is 2.24. The van der Waals surface area contributed by atoms with Gasteiger partial charge in [-0.2, -0.15) is 0 Å². The van der Waals surface area contributed by atoms with Crippen molar-refractivity contribution in [1.82, 2.24) is 0 Å². The summed E-state index contributed by atoms with van der Waals surface area (Å²) in [5.41, 5.74) is 1.38. The van der Waals surface area contributed by atoms with E-state index in [0.717, 1.165) is 5.75 Å². The highest BCUT2D eigenvalue weighted by Gasteiger charge is 2.42. The Kier molecular flexibility index (Phi) is 5.01. The maximum atomic E-state index is 11.6. The van der Waals surface area contributed by atoms with Crippen LogP contribution in [0.4, 0.5) is 0 Å². The first-order valence-electron chi connectivity index (χ1n) is 7.32. The van der Waals surface area contributed by atoms with Crippen molar-refractivity contribution in [2.24, 2.45) is 0 Å². The molecule has 4 nitrogen and oxygen atoms in total. The zero-order chi connectivity index (χ0) is 15.5. The van der Waals surface area contributed by atoms with E-state index >= 15 is 0 Å². The van der Waals surface area contributed by atoms with Gasteiger partial charge in [0.2, 0.25) is 0 Å². The number of Topliss-reactive ketones (excluding diaryl/α,β-unsaturated/α-hetero) is 1. The summed E-state index contributed by atoms with van der Waals surface area (Å²) in [4.78, 5) is 11.6. The van der Waals surface area contributed by atoms with Gasteiger partial charge in [0.25, 0.3) is 0 Å². The molecule has 1 aliphatic carbocycles. The quantitative estimate of drug-likeness (QED) is 0.756. The van der Waals surface area contributed by atoms with Gasteiger partial charge in [-0.1, -0.05) is 32.9 Å². The molecule has 116 valence electrons. The van der Waals surface area contributed by atoms with Crippen LogP contribution in [0.5, 0.6) is 5.75 Å². The van der Waals surface area contributed by atoms with Gasteiger partial charge in [0, 0.05) is 13.5 Å². The second-order valence-corrected chi connectivity index (χ2v) is 6.39. The molecule has 0 bridgehead atoms. The molecule has 1 fully saturated rings.